The van der Waals surface area contributed by atoms with Gasteiger partial charge in [-0.15, -0.1) is 0 Å². The van der Waals surface area contributed by atoms with Gasteiger partial charge in [0, 0.05) is 30.2 Å². The molecule has 2 rings (SSSR count). The van der Waals surface area contributed by atoms with Crippen LogP contribution in [0, 0.1) is 11.6 Å². The van der Waals surface area contributed by atoms with Crippen molar-refractivity contribution in [2.24, 2.45) is 0 Å². The number of halogens is 2. The number of methoxy groups -OCH3 is 1. The molecule has 1 heterocycles. The van der Waals surface area contributed by atoms with Gasteiger partial charge in [-0.2, -0.15) is 0 Å². The fraction of sp³-hybridized carbons (Fsp3) is 0.250. The fourth-order valence-corrected chi connectivity index (χ4v) is 2.17. The summed E-state index contributed by atoms with van der Waals surface area (Å²) in [4.78, 5) is 15.9. The van der Waals surface area contributed by atoms with E-state index >= 15 is 0 Å². The van der Waals surface area contributed by atoms with Crippen LogP contribution < -0.4 is 15.4 Å². The highest BCUT2D eigenvalue weighted by molar-refractivity contribution is 5.89. The Labute approximate surface area is 132 Å². The van der Waals surface area contributed by atoms with E-state index in [2.05, 4.69) is 20.4 Å². The highest BCUT2D eigenvalue weighted by atomic mass is 19.1. The zero-order chi connectivity index (χ0) is 16.8. The summed E-state index contributed by atoms with van der Waals surface area (Å²) >= 11 is 0. The number of urea groups is 1. The summed E-state index contributed by atoms with van der Waals surface area (Å²) in [6.07, 6.45) is 3.92. The third-order valence-corrected chi connectivity index (χ3v) is 3.28. The van der Waals surface area contributed by atoms with Gasteiger partial charge in [-0.25, -0.2) is 13.6 Å². The van der Waals surface area contributed by atoms with Crippen LogP contribution in [-0.4, -0.2) is 18.1 Å². The Bertz CT molecular complexity index is 657. The second kappa shape index (κ2) is 7.53. The summed E-state index contributed by atoms with van der Waals surface area (Å²) in [7, 11) is 1.17. The van der Waals surface area contributed by atoms with Crippen LogP contribution in [-0.2, 0) is 0 Å². The van der Waals surface area contributed by atoms with E-state index in [1.165, 1.54) is 7.11 Å². The van der Waals surface area contributed by atoms with Crippen LogP contribution in [0.3, 0.4) is 0 Å². The number of amides is 2. The average Bonchev–Trinajstić information content (AvgIpc) is 2.53. The van der Waals surface area contributed by atoms with Gasteiger partial charge in [-0.1, -0.05) is 6.92 Å². The van der Waals surface area contributed by atoms with Gasteiger partial charge in [0.25, 0.3) is 0 Å². The zero-order valence-electron chi connectivity index (χ0n) is 12.8. The first kappa shape index (κ1) is 16.7. The largest absolute Gasteiger partial charge is 0.491 e. The first-order valence-corrected chi connectivity index (χ1v) is 7.05. The third kappa shape index (κ3) is 4.15. The maximum Gasteiger partial charge on any atom is 0.319 e. The molecule has 122 valence electrons. The van der Waals surface area contributed by atoms with Crippen molar-refractivity contribution in [2.75, 3.05) is 12.4 Å². The molecule has 1 aromatic carbocycles. The normalized spacial score (nSPS) is 11.7. The number of pyridine rings is 1. The predicted molar refractivity (Wildman–Crippen MR) is 82.3 cm³/mol. The molecule has 5 nitrogen and oxygen atoms in total. The van der Waals surface area contributed by atoms with E-state index in [0.717, 1.165) is 17.7 Å². The molecule has 0 saturated carbocycles. The molecule has 23 heavy (non-hydrogen) atoms. The van der Waals surface area contributed by atoms with Crippen molar-refractivity contribution in [2.45, 2.75) is 19.4 Å². The Morgan fingerprint density at radius 2 is 1.87 bits per heavy atom. The second-order valence-corrected chi connectivity index (χ2v) is 4.81. The van der Waals surface area contributed by atoms with Gasteiger partial charge < -0.3 is 15.4 Å². The molecule has 0 fully saturated rings. The maximum atomic E-state index is 13.6. The molecule has 0 spiro atoms. The molecule has 1 aromatic heterocycles. The number of nitrogens with zero attached hydrogens (tertiary/aromatic N) is 1. The predicted octanol–water partition coefficient (Wildman–Crippen LogP) is 3.64. The van der Waals surface area contributed by atoms with Crippen molar-refractivity contribution in [1.82, 2.24) is 10.3 Å². The van der Waals surface area contributed by atoms with Crippen LogP contribution in [0.5, 0.6) is 5.75 Å². The molecule has 7 heteroatoms. The van der Waals surface area contributed by atoms with Crippen molar-refractivity contribution >= 4 is 11.7 Å². The molecule has 0 aliphatic rings. The number of anilines is 1. The van der Waals surface area contributed by atoms with Crippen molar-refractivity contribution in [3.8, 4) is 5.75 Å². The molecule has 2 N–H and O–H groups in total. The summed E-state index contributed by atoms with van der Waals surface area (Å²) < 4.78 is 31.8. The lowest BCUT2D eigenvalue weighted by Gasteiger charge is -2.18. The summed E-state index contributed by atoms with van der Waals surface area (Å²) in [5.74, 6) is -2.26. The van der Waals surface area contributed by atoms with Crippen molar-refractivity contribution in [3.63, 3.8) is 0 Å². The molecule has 1 atom stereocenters. The standard InChI is InChI=1S/C16H17F2N3O2/c1-3-14(10-4-6-19-7-5-10)21-16(22)20-11-8-12(17)15(23-2)13(18)9-11/h4-9,14H,3H2,1-2H3,(H2,20,21,22)/t14-/m1/s1. The number of hydrogen-bond donors (Lipinski definition) is 2. The Hall–Kier alpha value is -2.70. The van der Waals surface area contributed by atoms with Gasteiger partial charge in [0.2, 0.25) is 0 Å². The molecule has 0 radical (unpaired) electrons. The molecule has 2 aromatic rings. The van der Waals surface area contributed by atoms with Gasteiger partial charge in [0.05, 0.1) is 13.2 Å². The number of rotatable bonds is 5. The van der Waals surface area contributed by atoms with E-state index in [0.29, 0.717) is 6.42 Å². The summed E-state index contributed by atoms with van der Waals surface area (Å²) in [6, 6.07) is 4.79. The monoisotopic (exact) mass is 321 g/mol. The third-order valence-electron chi connectivity index (χ3n) is 3.28. The second-order valence-electron chi connectivity index (χ2n) is 4.81. The highest BCUT2D eigenvalue weighted by Gasteiger charge is 2.15. The van der Waals surface area contributed by atoms with Crippen molar-refractivity contribution < 1.29 is 18.3 Å². The molecule has 0 aliphatic carbocycles. The van der Waals surface area contributed by atoms with E-state index in [4.69, 9.17) is 0 Å². The number of aromatic nitrogens is 1. The van der Waals surface area contributed by atoms with Crippen LogP contribution in [0.1, 0.15) is 24.9 Å². The van der Waals surface area contributed by atoms with Crippen LogP contribution in [0.2, 0.25) is 0 Å². The number of ether oxygens (including phenoxy) is 1. The SMILES string of the molecule is CC[C@@H](NC(=O)Nc1cc(F)c(OC)c(F)c1)c1ccncc1. The van der Waals surface area contributed by atoms with E-state index in [-0.39, 0.29) is 11.7 Å². The Morgan fingerprint density at radius 1 is 1.26 bits per heavy atom. The van der Waals surface area contributed by atoms with Gasteiger partial charge in [0.1, 0.15) is 0 Å². The van der Waals surface area contributed by atoms with Crippen molar-refractivity contribution in [3.05, 3.63) is 53.9 Å². The molecule has 0 unspecified atom stereocenters. The summed E-state index contributed by atoms with van der Waals surface area (Å²) in [5, 5.41) is 5.15. The number of nitrogens with one attached hydrogen (secondary N) is 2. The quantitative estimate of drug-likeness (QED) is 0.884. The Balaban J connectivity index is 2.07. The minimum atomic E-state index is -0.885. The van der Waals surface area contributed by atoms with Crippen molar-refractivity contribution in [1.29, 1.82) is 0 Å². The van der Waals surface area contributed by atoms with Crippen LogP contribution in [0.15, 0.2) is 36.7 Å². The first-order valence-electron chi connectivity index (χ1n) is 7.05. The smallest absolute Gasteiger partial charge is 0.319 e. The fourth-order valence-electron chi connectivity index (χ4n) is 2.17. The Kier molecular flexibility index (Phi) is 5.46. The van der Waals surface area contributed by atoms with E-state index in [1.54, 1.807) is 24.5 Å². The van der Waals surface area contributed by atoms with E-state index in [9.17, 15) is 13.6 Å². The summed E-state index contributed by atoms with van der Waals surface area (Å²) in [5.41, 5.74) is 0.896. The zero-order valence-corrected chi connectivity index (χ0v) is 12.8. The average molecular weight is 321 g/mol. The molecule has 0 bridgehead atoms. The Morgan fingerprint density at radius 3 is 2.39 bits per heavy atom. The lowest BCUT2D eigenvalue weighted by molar-refractivity contribution is 0.248. The molecule has 0 aliphatic heterocycles. The van der Waals surface area contributed by atoms with Crippen LogP contribution in [0.25, 0.3) is 0 Å². The van der Waals surface area contributed by atoms with Gasteiger partial charge in [-0.05, 0) is 24.1 Å². The number of benzene rings is 1. The maximum absolute atomic E-state index is 13.6. The van der Waals surface area contributed by atoms with Gasteiger partial charge in [0.15, 0.2) is 17.4 Å². The minimum Gasteiger partial charge on any atom is -0.491 e. The number of hydrogen-bond acceptors (Lipinski definition) is 3. The van der Waals surface area contributed by atoms with Crippen LogP contribution >= 0.6 is 0 Å². The van der Waals surface area contributed by atoms with Crippen LogP contribution in [0.4, 0.5) is 19.3 Å². The molecular weight excluding hydrogens is 304 g/mol. The number of carbonyl (C=O) groups is 1. The first-order chi connectivity index (χ1) is 11.0. The summed E-state index contributed by atoms with van der Waals surface area (Å²) in [6.45, 7) is 1.91. The lowest BCUT2D eigenvalue weighted by Crippen LogP contribution is -2.32. The van der Waals surface area contributed by atoms with Gasteiger partial charge >= 0.3 is 6.03 Å². The lowest BCUT2D eigenvalue weighted by atomic mass is 10.1. The van der Waals surface area contributed by atoms with Gasteiger partial charge in [-0.3, -0.25) is 4.98 Å². The van der Waals surface area contributed by atoms with E-state index < -0.39 is 23.4 Å². The molecule has 0 saturated heterocycles. The molecular formula is C16H17F2N3O2. The minimum absolute atomic E-state index is 0.00267. The highest BCUT2D eigenvalue weighted by Crippen LogP contribution is 2.25. The topological polar surface area (TPSA) is 63.2 Å². The van der Waals surface area contributed by atoms with E-state index in [1.807, 2.05) is 6.92 Å². The molecule has 2 amide bonds. The number of carbonyl (C=O) groups excluding carboxylic acids is 1.